The lowest BCUT2D eigenvalue weighted by molar-refractivity contribution is -0.402. The Morgan fingerprint density at radius 1 is 1.37 bits per heavy atom. The third kappa shape index (κ3) is 4.92. The van der Waals surface area contributed by atoms with Gasteiger partial charge in [0.1, 0.15) is 10.7 Å². The third-order valence-corrected chi connectivity index (χ3v) is 2.54. The molecule has 1 rings (SSSR count). The molecule has 104 valence electrons. The highest BCUT2D eigenvalue weighted by Gasteiger charge is 2.12. The van der Waals surface area contributed by atoms with Gasteiger partial charge in [-0.15, -0.1) is 23.2 Å². The summed E-state index contributed by atoms with van der Waals surface area (Å²) in [6.07, 6.45) is 2.63. The van der Waals surface area contributed by atoms with Crippen LogP contribution in [0.4, 0.5) is 5.88 Å². The van der Waals surface area contributed by atoms with Crippen LogP contribution in [0.5, 0.6) is 0 Å². The van der Waals surface area contributed by atoms with Crippen molar-refractivity contribution >= 4 is 41.1 Å². The maximum Gasteiger partial charge on any atom is 0.433 e. The molecule has 8 heteroatoms. The van der Waals surface area contributed by atoms with Gasteiger partial charge in [-0.2, -0.15) is 0 Å². The zero-order valence-electron chi connectivity index (χ0n) is 9.92. The van der Waals surface area contributed by atoms with Crippen molar-refractivity contribution in [1.29, 1.82) is 0 Å². The average Bonchev–Trinajstić information content (AvgIpc) is 2.84. The number of hydrogen-bond acceptors (Lipinski definition) is 4. The first-order chi connectivity index (χ1) is 9.08. The Bertz CT molecular complexity index is 467. The van der Waals surface area contributed by atoms with Crippen molar-refractivity contribution in [2.45, 2.75) is 0 Å². The molecule has 0 saturated carbocycles. The summed E-state index contributed by atoms with van der Waals surface area (Å²) in [4.78, 5) is 23.0. The van der Waals surface area contributed by atoms with E-state index in [0.29, 0.717) is 24.8 Å². The first-order valence-corrected chi connectivity index (χ1v) is 6.48. The Kier molecular flexibility index (Phi) is 6.38. The first kappa shape index (κ1) is 15.5. The first-order valence-electron chi connectivity index (χ1n) is 5.41. The molecule has 0 saturated heterocycles. The maximum absolute atomic E-state index is 11.8. The molecule has 19 heavy (non-hydrogen) atoms. The molecule has 0 radical (unpaired) electrons. The lowest BCUT2D eigenvalue weighted by atomic mass is 10.3. The number of halogens is 2. The van der Waals surface area contributed by atoms with Crippen LogP contribution in [0.1, 0.15) is 5.76 Å². The minimum atomic E-state index is -0.646. The van der Waals surface area contributed by atoms with Crippen molar-refractivity contribution in [2.24, 2.45) is 0 Å². The zero-order chi connectivity index (χ0) is 14.3. The maximum atomic E-state index is 11.8. The van der Waals surface area contributed by atoms with Crippen molar-refractivity contribution in [2.75, 3.05) is 24.8 Å². The van der Waals surface area contributed by atoms with Gasteiger partial charge in [0.05, 0.1) is 6.07 Å². The lowest BCUT2D eigenvalue weighted by Gasteiger charge is -2.18. The monoisotopic (exact) mass is 306 g/mol. The molecule has 0 atom stereocenters. The molecule has 0 aliphatic heterocycles. The Balaban J connectivity index is 2.67. The van der Waals surface area contributed by atoms with E-state index in [1.807, 2.05) is 0 Å². The molecule has 0 fully saturated rings. The van der Waals surface area contributed by atoms with Gasteiger partial charge in [0.25, 0.3) is 0 Å². The summed E-state index contributed by atoms with van der Waals surface area (Å²) >= 11 is 11.2. The van der Waals surface area contributed by atoms with E-state index in [1.54, 1.807) is 0 Å². The predicted octanol–water partition coefficient (Wildman–Crippen LogP) is 2.51. The molecule has 0 aromatic carbocycles. The molecule has 0 unspecified atom stereocenters. The largest absolute Gasteiger partial charge is 0.433 e. The fourth-order valence-corrected chi connectivity index (χ4v) is 1.73. The minimum Gasteiger partial charge on any atom is -0.401 e. The van der Waals surface area contributed by atoms with Gasteiger partial charge in [-0.1, -0.05) is 0 Å². The van der Waals surface area contributed by atoms with Crippen molar-refractivity contribution < 1.29 is 14.1 Å². The predicted molar refractivity (Wildman–Crippen MR) is 72.4 cm³/mol. The van der Waals surface area contributed by atoms with Gasteiger partial charge in [-0.05, 0) is 12.1 Å². The quantitative estimate of drug-likeness (QED) is 0.336. The van der Waals surface area contributed by atoms with E-state index >= 15 is 0 Å². The standard InChI is InChI=1S/C11H12Cl2N2O4/c12-5-7-14(8-6-13)10(16)3-1-9-2-4-11(19-9)15(17)18/h1-4H,5-8H2/b3-1+. The van der Waals surface area contributed by atoms with Crippen LogP contribution in [0.25, 0.3) is 6.08 Å². The van der Waals surface area contributed by atoms with Crippen LogP contribution in [0, 0.1) is 10.1 Å². The van der Waals surface area contributed by atoms with E-state index in [4.69, 9.17) is 27.6 Å². The Morgan fingerprint density at radius 3 is 2.47 bits per heavy atom. The van der Waals surface area contributed by atoms with Crippen LogP contribution < -0.4 is 0 Å². The van der Waals surface area contributed by atoms with Crippen LogP contribution in [-0.2, 0) is 4.79 Å². The highest BCUT2D eigenvalue weighted by atomic mass is 35.5. The van der Waals surface area contributed by atoms with Crippen molar-refractivity contribution in [3.63, 3.8) is 0 Å². The topological polar surface area (TPSA) is 76.6 Å². The fraction of sp³-hybridized carbons (Fsp3) is 0.364. The second-order valence-electron chi connectivity index (χ2n) is 3.47. The molecule has 0 N–H and O–H groups in total. The van der Waals surface area contributed by atoms with Crippen LogP contribution in [0.15, 0.2) is 22.6 Å². The molecule has 0 bridgehead atoms. The van der Waals surface area contributed by atoms with E-state index in [2.05, 4.69) is 0 Å². The Labute approximate surface area is 119 Å². The summed E-state index contributed by atoms with van der Waals surface area (Å²) in [5.41, 5.74) is 0. The Morgan fingerprint density at radius 2 is 2.00 bits per heavy atom. The molecular weight excluding hydrogens is 295 g/mol. The summed E-state index contributed by atoms with van der Waals surface area (Å²) < 4.78 is 4.89. The van der Waals surface area contributed by atoms with Gasteiger partial charge in [-0.3, -0.25) is 14.9 Å². The summed E-state index contributed by atoms with van der Waals surface area (Å²) in [6, 6.07) is 2.63. The Hall–Kier alpha value is -1.53. The van der Waals surface area contributed by atoms with Gasteiger partial charge in [0, 0.05) is 30.9 Å². The number of carbonyl (C=O) groups excluding carboxylic acids is 1. The fourth-order valence-electron chi connectivity index (χ4n) is 1.32. The number of rotatable bonds is 7. The lowest BCUT2D eigenvalue weighted by Crippen LogP contribution is -2.33. The second-order valence-corrected chi connectivity index (χ2v) is 4.23. The molecule has 0 spiro atoms. The van der Waals surface area contributed by atoms with Crippen LogP contribution in [0.3, 0.4) is 0 Å². The van der Waals surface area contributed by atoms with Crippen molar-refractivity contribution in [3.8, 4) is 0 Å². The summed E-state index contributed by atoms with van der Waals surface area (Å²) in [5, 5.41) is 10.4. The number of amides is 1. The number of furan rings is 1. The van der Waals surface area contributed by atoms with E-state index in [1.165, 1.54) is 29.2 Å². The van der Waals surface area contributed by atoms with E-state index in [9.17, 15) is 14.9 Å². The van der Waals surface area contributed by atoms with Gasteiger partial charge in [-0.25, -0.2) is 0 Å². The number of carbonyl (C=O) groups is 1. The number of nitrogens with zero attached hydrogens (tertiary/aromatic N) is 2. The minimum absolute atomic E-state index is 0.233. The van der Waals surface area contributed by atoms with E-state index in [0.717, 1.165) is 0 Å². The number of nitro groups is 1. The third-order valence-electron chi connectivity index (χ3n) is 2.20. The molecule has 0 aliphatic carbocycles. The van der Waals surface area contributed by atoms with Crippen LogP contribution in [-0.4, -0.2) is 40.6 Å². The normalized spacial score (nSPS) is 10.8. The smallest absolute Gasteiger partial charge is 0.401 e. The van der Waals surface area contributed by atoms with Gasteiger partial charge < -0.3 is 9.32 Å². The number of alkyl halides is 2. The van der Waals surface area contributed by atoms with E-state index in [-0.39, 0.29) is 17.6 Å². The molecule has 1 amide bonds. The molecular formula is C11H12Cl2N2O4. The van der Waals surface area contributed by atoms with Gasteiger partial charge >= 0.3 is 5.88 Å². The highest BCUT2D eigenvalue weighted by molar-refractivity contribution is 6.18. The summed E-state index contributed by atoms with van der Waals surface area (Å²) in [7, 11) is 0. The zero-order valence-corrected chi connectivity index (χ0v) is 11.4. The summed E-state index contributed by atoms with van der Waals surface area (Å²) in [6.45, 7) is 0.769. The van der Waals surface area contributed by atoms with Crippen LogP contribution >= 0.6 is 23.2 Å². The average molecular weight is 307 g/mol. The SMILES string of the molecule is O=C(/C=C/c1ccc([N+](=O)[O-])o1)N(CCCl)CCCl. The van der Waals surface area contributed by atoms with E-state index < -0.39 is 4.92 Å². The van der Waals surface area contributed by atoms with Gasteiger partial charge in [0.15, 0.2) is 0 Å². The molecule has 1 aromatic heterocycles. The highest BCUT2D eigenvalue weighted by Crippen LogP contribution is 2.16. The van der Waals surface area contributed by atoms with Crippen LogP contribution in [0.2, 0.25) is 0 Å². The van der Waals surface area contributed by atoms with Crippen molar-refractivity contribution in [3.05, 3.63) is 34.1 Å². The van der Waals surface area contributed by atoms with Crippen molar-refractivity contribution in [1.82, 2.24) is 4.90 Å². The number of hydrogen-bond donors (Lipinski definition) is 0. The molecule has 6 nitrogen and oxygen atoms in total. The molecule has 1 heterocycles. The molecule has 1 aromatic rings. The second kappa shape index (κ2) is 7.81. The summed E-state index contributed by atoms with van der Waals surface area (Å²) in [5.74, 6) is 0.202. The molecule has 0 aliphatic rings. The van der Waals surface area contributed by atoms with Gasteiger partial charge in [0.2, 0.25) is 5.91 Å².